The minimum absolute atomic E-state index is 0.504. The van der Waals surface area contributed by atoms with Crippen molar-refractivity contribution in [1.29, 1.82) is 0 Å². The van der Waals surface area contributed by atoms with Gasteiger partial charge in [-0.25, -0.2) is 9.97 Å². The molecule has 2 heterocycles. The second kappa shape index (κ2) is 5.70. The number of hydrogen-bond donors (Lipinski definition) is 0. The predicted octanol–water partition coefficient (Wildman–Crippen LogP) is 5.24. The maximum atomic E-state index is 6.32. The number of aromatic nitrogens is 2. The monoisotopic (exact) mass is 430 g/mol. The quantitative estimate of drug-likeness (QED) is 0.412. The van der Waals surface area contributed by atoms with E-state index >= 15 is 0 Å². The Kier molecular flexibility index (Phi) is 4.07. The van der Waals surface area contributed by atoms with E-state index in [-0.39, 0.29) is 0 Å². The van der Waals surface area contributed by atoms with E-state index in [0.29, 0.717) is 5.15 Å². The minimum atomic E-state index is 0.504. The molecule has 0 saturated heterocycles. The minimum Gasteiger partial charge on any atom is -0.497 e. The average Bonchev–Trinajstić information content (AvgIpc) is 2.76. The molecule has 0 aliphatic heterocycles. The molecule has 0 aliphatic carbocycles. The van der Waals surface area contributed by atoms with Gasteiger partial charge in [-0.05, 0) is 65.3 Å². The lowest BCUT2D eigenvalue weighted by atomic mass is 9.96. The van der Waals surface area contributed by atoms with E-state index in [9.17, 15) is 0 Å². The number of aryl methyl sites for hydroxylation is 2. The van der Waals surface area contributed by atoms with Gasteiger partial charge in [-0.1, -0.05) is 11.6 Å². The van der Waals surface area contributed by atoms with Crippen molar-refractivity contribution in [3.8, 4) is 16.9 Å². The molecule has 3 rings (SSSR count). The third-order valence-electron chi connectivity index (χ3n) is 3.39. The molecule has 0 fully saturated rings. The normalized spacial score (nSPS) is 11.1. The molecule has 1 aromatic carbocycles. The highest BCUT2D eigenvalue weighted by Crippen LogP contribution is 2.44. The van der Waals surface area contributed by atoms with Gasteiger partial charge in [0, 0.05) is 5.56 Å². The molecule has 2 aromatic heterocycles. The molecule has 6 heteroatoms. The SMILES string of the molecule is COc1cc(C)c(-c2c(I)sc3ncnc(Cl)c23)c(C)c1. The Balaban J connectivity index is 2.38. The van der Waals surface area contributed by atoms with Gasteiger partial charge in [-0.15, -0.1) is 11.3 Å². The van der Waals surface area contributed by atoms with Crippen LogP contribution in [-0.2, 0) is 0 Å². The Labute approximate surface area is 145 Å². The number of thiophene rings is 1. The highest BCUT2D eigenvalue weighted by atomic mass is 127. The van der Waals surface area contributed by atoms with Crippen LogP contribution in [0.1, 0.15) is 11.1 Å². The number of nitrogens with zero attached hydrogens (tertiary/aromatic N) is 2. The van der Waals surface area contributed by atoms with E-state index in [0.717, 1.165) is 32.7 Å². The van der Waals surface area contributed by atoms with Crippen LogP contribution in [0.4, 0.5) is 0 Å². The molecule has 3 aromatic rings. The summed E-state index contributed by atoms with van der Waals surface area (Å²) in [6.07, 6.45) is 1.51. The largest absolute Gasteiger partial charge is 0.497 e. The zero-order valence-electron chi connectivity index (χ0n) is 11.7. The lowest BCUT2D eigenvalue weighted by molar-refractivity contribution is 0.414. The molecule has 108 valence electrons. The van der Waals surface area contributed by atoms with E-state index < -0.39 is 0 Å². The molecule has 0 atom stereocenters. The van der Waals surface area contributed by atoms with Gasteiger partial charge in [0.15, 0.2) is 0 Å². The van der Waals surface area contributed by atoms with Crippen LogP contribution >= 0.6 is 45.5 Å². The summed E-state index contributed by atoms with van der Waals surface area (Å²) in [6.45, 7) is 4.17. The van der Waals surface area contributed by atoms with Crippen molar-refractivity contribution in [2.45, 2.75) is 13.8 Å². The van der Waals surface area contributed by atoms with Gasteiger partial charge < -0.3 is 4.74 Å². The molecule has 21 heavy (non-hydrogen) atoms. The summed E-state index contributed by atoms with van der Waals surface area (Å²) >= 11 is 10.3. The third kappa shape index (κ3) is 2.51. The van der Waals surface area contributed by atoms with Crippen LogP contribution in [0.5, 0.6) is 5.75 Å². The van der Waals surface area contributed by atoms with Crippen LogP contribution in [-0.4, -0.2) is 17.1 Å². The van der Waals surface area contributed by atoms with Crippen LogP contribution in [0.2, 0.25) is 5.15 Å². The van der Waals surface area contributed by atoms with E-state index in [1.807, 2.05) is 12.1 Å². The molecule has 0 spiro atoms. The lowest BCUT2D eigenvalue weighted by Crippen LogP contribution is -1.93. The van der Waals surface area contributed by atoms with Crippen LogP contribution in [0.3, 0.4) is 0 Å². The number of hydrogen-bond acceptors (Lipinski definition) is 4. The number of ether oxygens (including phenoxy) is 1. The first-order chi connectivity index (χ1) is 10.0. The highest BCUT2D eigenvalue weighted by Gasteiger charge is 2.20. The summed E-state index contributed by atoms with van der Waals surface area (Å²) in [5.74, 6) is 0.866. The van der Waals surface area contributed by atoms with Crippen molar-refractivity contribution in [3.63, 3.8) is 0 Å². The summed E-state index contributed by atoms with van der Waals surface area (Å²) in [4.78, 5) is 9.39. The van der Waals surface area contributed by atoms with Crippen molar-refractivity contribution >= 4 is 55.7 Å². The first kappa shape index (κ1) is 15.0. The molecular formula is C15H12ClIN2OS. The second-order valence-electron chi connectivity index (χ2n) is 4.73. The van der Waals surface area contributed by atoms with E-state index in [4.69, 9.17) is 16.3 Å². The van der Waals surface area contributed by atoms with Gasteiger partial charge in [0.1, 0.15) is 22.1 Å². The molecule has 0 radical (unpaired) electrons. The Morgan fingerprint density at radius 3 is 2.43 bits per heavy atom. The molecule has 0 saturated carbocycles. The molecule has 3 nitrogen and oxygen atoms in total. The highest BCUT2D eigenvalue weighted by molar-refractivity contribution is 14.1. The maximum absolute atomic E-state index is 6.32. The first-order valence-electron chi connectivity index (χ1n) is 6.27. The Bertz CT molecular complexity index is 824. The van der Waals surface area contributed by atoms with Crippen LogP contribution in [0.25, 0.3) is 21.3 Å². The summed E-state index contributed by atoms with van der Waals surface area (Å²) < 4.78 is 6.51. The lowest BCUT2D eigenvalue weighted by Gasteiger charge is -2.12. The van der Waals surface area contributed by atoms with Crippen LogP contribution in [0, 0.1) is 16.7 Å². The Morgan fingerprint density at radius 2 is 1.81 bits per heavy atom. The summed E-state index contributed by atoms with van der Waals surface area (Å²) in [7, 11) is 1.68. The first-order valence-corrected chi connectivity index (χ1v) is 8.54. The van der Waals surface area contributed by atoms with E-state index in [1.165, 1.54) is 14.8 Å². The predicted molar refractivity (Wildman–Crippen MR) is 96.6 cm³/mol. The van der Waals surface area contributed by atoms with Crippen molar-refractivity contribution in [2.75, 3.05) is 7.11 Å². The maximum Gasteiger partial charge on any atom is 0.141 e. The zero-order valence-corrected chi connectivity index (χ0v) is 15.4. The third-order valence-corrected chi connectivity index (χ3v) is 5.76. The second-order valence-corrected chi connectivity index (χ2v) is 7.90. The molecule has 0 bridgehead atoms. The smallest absolute Gasteiger partial charge is 0.141 e. The van der Waals surface area contributed by atoms with Gasteiger partial charge in [0.05, 0.1) is 15.4 Å². The zero-order chi connectivity index (χ0) is 15.1. The van der Waals surface area contributed by atoms with Crippen molar-refractivity contribution in [3.05, 3.63) is 37.6 Å². The fourth-order valence-electron chi connectivity index (χ4n) is 2.53. The molecular weight excluding hydrogens is 419 g/mol. The van der Waals surface area contributed by atoms with E-state index in [2.05, 4.69) is 46.4 Å². The summed E-state index contributed by atoms with van der Waals surface area (Å²) in [5, 5.41) is 1.44. The van der Waals surface area contributed by atoms with Crippen molar-refractivity contribution in [1.82, 2.24) is 9.97 Å². The molecule has 0 N–H and O–H groups in total. The van der Waals surface area contributed by atoms with Gasteiger partial charge in [0.2, 0.25) is 0 Å². The van der Waals surface area contributed by atoms with Crippen LogP contribution in [0.15, 0.2) is 18.5 Å². The van der Waals surface area contributed by atoms with Gasteiger partial charge in [-0.2, -0.15) is 0 Å². The molecule has 0 aliphatic rings. The fraction of sp³-hybridized carbons (Fsp3) is 0.200. The molecule has 0 unspecified atom stereocenters. The summed E-state index contributed by atoms with van der Waals surface area (Å²) in [5.41, 5.74) is 4.62. The molecule has 0 amide bonds. The van der Waals surface area contributed by atoms with Crippen LogP contribution < -0.4 is 4.74 Å². The topological polar surface area (TPSA) is 35.0 Å². The van der Waals surface area contributed by atoms with Gasteiger partial charge in [-0.3, -0.25) is 0 Å². The average molecular weight is 431 g/mol. The fourth-order valence-corrected chi connectivity index (χ4v) is 4.86. The number of methoxy groups -OCH3 is 1. The van der Waals surface area contributed by atoms with Crippen molar-refractivity contribution in [2.24, 2.45) is 0 Å². The Hall–Kier alpha value is -0.920. The van der Waals surface area contributed by atoms with Gasteiger partial charge in [0.25, 0.3) is 0 Å². The van der Waals surface area contributed by atoms with Crippen molar-refractivity contribution < 1.29 is 4.74 Å². The number of fused-ring (bicyclic) bond motifs is 1. The summed E-state index contributed by atoms with van der Waals surface area (Å²) in [6, 6.07) is 4.08. The van der Waals surface area contributed by atoms with E-state index in [1.54, 1.807) is 18.4 Å². The number of halogens is 2. The standard InChI is InChI=1S/C15H12ClIN2OS/c1-7-4-9(20-3)5-8(2)10(7)11-12-13(16)18-6-19-15(12)21-14(11)17/h4-6H,1-3H3. The Morgan fingerprint density at radius 1 is 1.14 bits per heavy atom. The number of benzene rings is 1. The number of rotatable bonds is 2. The van der Waals surface area contributed by atoms with Gasteiger partial charge >= 0.3 is 0 Å².